The first kappa shape index (κ1) is 16.0. The predicted octanol–water partition coefficient (Wildman–Crippen LogP) is 1.80. The summed E-state index contributed by atoms with van der Waals surface area (Å²) in [5, 5.41) is 0. The monoisotopic (exact) mass is 306 g/mol. The maximum atomic E-state index is 5.63. The molecular weight excluding hydrogens is 276 g/mol. The van der Waals surface area contributed by atoms with Crippen LogP contribution in [-0.4, -0.2) is 71.3 Å². The summed E-state index contributed by atoms with van der Waals surface area (Å²) in [6, 6.07) is 0.606. The van der Waals surface area contributed by atoms with E-state index in [0.717, 1.165) is 26.1 Å². The fraction of sp³-hybridized carbons (Fsp3) is 0.824. The molecule has 124 valence electrons. The van der Waals surface area contributed by atoms with E-state index in [0.29, 0.717) is 12.1 Å². The molecule has 1 aromatic rings. The van der Waals surface area contributed by atoms with Crippen LogP contribution in [0.25, 0.3) is 0 Å². The highest BCUT2D eigenvalue weighted by Gasteiger charge is 2.23. The van der Waals surface area contributed by atoms with Gasteiger partial charge in [-0.25, -0.2) is 4.98 Å². The Labute approximate surface area is 134 Å². The lowest BCUT2D eigenvalue weighted by Gasteiger charge is -2.37. The van der Waals surface area contributed by atoms with E-state index in [1.165, 1.54) is 44.8 Å². The molecule has 0 radical (unpaired) electrons. The van der Waals surface area contributed by atoms with Gasteiger partial charge in [0.1, 0.15) is 5.82 Å². The zero-order valence-corrected chi connectivity index (χ0v) is 14.1. The molecule has 3 rings (SSSR count). The summed E-state index contributed by atoms with van der Waals surface area (Å²) in [4.78, 5) is 9.67. The smallest absolute Gasteiger partial charge is 0.108 e. The average molecular weight is 306 g/mol. The first-order valence-electron chi connectivity index (χ1n) is 8.84. The number of aromatic nitrogens is 2. The van der Waals surface area contributed by atoms with Crippen molar-refractivity contribution < 1.29 is 4.74 Å². The highest BCUT2D eigenvalue weighted by atomic mass is 16.5. The predicted molar refractivity (Wildman–Crippen MR) is 88.2 cm³/mol. The van der Waals surface area contributed by atoms with Crippen LogP contribution in [0.15, 0.2) is 12.4 Å². The van der Waals surface area contributed by atoms with E-state index in [2.05, 4.69) is 39.4 Å². The lowest BCUT2D eigenvalue weighted by Crippen LogP contribution is -2.46. The highest BCUT2D eigenvalue weighted by Crippen LogP contribution is 2.23. The van der Waals surface area contributed by atoms with E-state index >= 15 is 0 Å². The number of aryl methyl sites for hydroxylation is 1. The summed E-state index contributed by atoms with van der Waals surface area (Å²) < 4.78 is 8.03. The Morgan fingerprint density at radius 3 is 2.82 bits per heavy atom. The quantitative estimate of drug-likeness (QED) is 0.831. The Kier molecular flexibility index (Phi) is 5.50. The van der Waals surface area contributed by atoms with E-state index in [-0.39, 0.29) is 0 Å². The second kappa shape index (κ2) is 7.57. The topological polar surface area (TPSA) is 33.5 Å². The normalized spacial score (nSPS) is 28.1. The van der Waals surface area contributed by atoms with Crippen LogP contribution in [0.5, 0.6) is 0 Å². The van der Waals surface area contributed by atoms with Crippen molar-refractivity contribution in [2.24, 2.45) is 0 Å². The fourth-order valence-electron chi connectivity index (χ4n) is 3.79. The molecule has 2 fully saturated rings. The number of morpholine rings is 1. The molecule has 2 saturated heterocycles. The van der Waals surface area contributed by atoms with Crippen molar-refractivity contribution in [3.63, 3.8) is 0 Å². The second-order valence-electron chi connectivity index (χ2n) is 6.68. The number of likely N-dealkylation sites (tertiary alicyclic amines) is 1. The van der Waals surface area contributed by atoms with Crippen molar-refractivity contribution in [1.29, 1.82) is 0 Å². The molecule has 0 N–H and O–H groups in total. The van der Waals surface area contributed by atoms with Gasteiger partial charge in [0.05, 0.1) is 12.7 Å². The number of imidazole rings is 1. The van der Waals surface area contributed by atoms with Crippen LogP contribution >= 0.6 is 0 Å². The molecule has 2 aliphatic rings. The van der Waals surface area contributed by atoms with Gasteiger partial charge in [-0.15, -0.1) is 0 Å². The van der Waals surface area contributed by atoms with E-state index in [9.17, 15) is 0 Å². The molecule has 0 amide bonds. The lowest BCUT2D eigenvalue weighted by molar-refractivity contribution is -0.0215. The Balaban J connectivity index is 1.50. The molecule has 0 unspecified atom stereocenters. The third kappa shape index (κ3) is 3.89. The standard InChI is InChI=1S/C17H30N4O/c1-3-17-18-6-8-21(17)16-5-4-7-19(14-16)9-10-20-11-12-22-15(2)13-20/h6,8,15-16H,3-5,7,9-14H2,1-2H3/t15-,16-/m1/s1. The van der Waals surface area contributed by atoms with E-state index in [1.54, 1.807) is 0 Å². The van der Waals surface area contributed by atoms with Gasteiger partial charge in [-0.2, -0.15) is 0 Å². The van der Waals surface area contributed by atoms with E-state index in [4.69, 9.17) is 4.74 Å². The van der Waals surface area contributed by atoms with Crippen LogP contribution in [0.3, 0.4) is 0 Å². The third-order valence-corrected chi connectivity index (χ3v) is 5.00. The number of nitrogens with zero attached hydrogens (tertiary/aromatic N) is 4. The van der Waals surface area contributed by atoms with Crippen molar-refractivity contribution in [3.8, 4) is 0 Å². The average Bonchev–Trinajstić information content (AvgIpc) is 3.02. The van der Waals surface area contributed by atoms with Gasteiger partial charge in [0.15, 0.2) is 0 Å². The maximum Gasteiger partial charge on any atom is 0.108 e. The molecule has 0 bridgehead atoms. The van der Waals surface area contributed by atoms with Crippen molar-refractivity contribution in [1.82, 2.24) is 19.4 Å². The van der Waals surface area contributed by atoms with Crippen LogP contribution < -0.4 is 0 Å². The molecule has 2 aliphatic heterocycles. The molecule has 5 heteroatoms. The molecule has 1 aromatic heterocycles. The number of piperidine rings is 1. The van der Waals surface area contributed by atoms with Gasteiger partial charge in [0.25, 0.3) is 0 Å². The largest absolute Gasteiger partial charge is 0.376 e. The molecule has 0 saturated carbocycles. The number of ether oxygens (including phenoxy) is 1. The molecule has 0 aliphatic carbocycles. The zero-order valence-electron chi connectivity index (χ0n) is 14.1. The summed E-state index contributed by atoms with van der Waals surface area (Å²) in [5.41, 5.74) is 0. The molecule has 3 heterocycles. The molecule has 22 heavy (non-hydrogen) atoms. The van der Waals surface area contributed by atoms with Crippen LogP contribution in [0, 0.1) is 0 Å². The van der Waals surface area contributed by atoms with Gasteiger partial charge in [-0.1, -0.05) is 6.92 Å². The van der Waals surface area contributed by atoms with Crippen LogP contribution in [0.2, 0.25) is 0 Å². The minimum absolute atomic E-state index is 0.390. The van der Waals surface area contributed by atoms with Crippen molar-refractivity contribution in [3.05, 3.63) is 18.2 Å². The summed E-state index contributed by atoms with van der Waals surface area (Å²) >= 11 is 0. The summed E-state index contributed by atoms with van der Waals surface area (Å²) in [6.07, 6.45) is 8.11. The second-order valence-corrected chi connectivity index (χ2v) is 6.68. The first-order chi connectivity index (χ1) is 10.8. The third-order valence-electron chi connectivity index (χ3n) is 5.00. The summed E-state index contributed by atoms with van der Waals surface area (Å²) in [6.45, 7) is 12.2. The van der Waals surface area contributed by atoms with Gasteiger partial charge in [-0.05, 0) is 26.3 Å². The van der Waals surface area contributed by atoms with Crippen LogP contribution in [0.4, 0.5) is 0 Å². The lowest BCUT2D eigenvalue weighted by atomic mass is 10.1. The number of hydrogen-bond acceptors (Lipinski definition) is 4. The Bertz CT molecular complexity index is 461. The Morgan fingerprint density at radius 2 is 2.05 bits per heavy atom. The summed E-state index contributed by atoms with van der Waals surface area (Å²) in [5.74, 6) is 1.23. The summed E-state index contributed by atoms with van der Waals surface area (Å²) in [7, 11) is 0. The Morgan fingerprint density at radius 1 is 1.23 bits per heavy atom. The molecular formula is C17H30N4O. The Hall–Kier alpha value is -0.910. The molecule has 0 spiro atoms. The van der Waals surface area contributed by atoms with Crippen LogP contribution in [0.1, 0.15) is 38.6 Å². The van der Waals surface area contributed by atoms with Gasteiger partial charge >= 0.3 is 0 Å². The first-order valence-corrected chi connectivity index (χ1v) is 8.84. The van der Waals surface area contributed by atoms with Gasteiger partial charge in [-0.3, -0.25) is 4.90 Å². The van der Waals surface area contributed by atoms with Gasteiger partial charge in [0.2, 0.25) is 0 Å². The molecule has 5 nitrogen and oxygen atoms in total. The molecule has 2 atom stereocenters. The zero-order chi connectivity index (χ0) is 15.4. The van der Waals surface area contributed by atoms with Gasteiger partial charge in [0, 0.05) is 57.6 Å². The van der Waals surface area contributed by atoms with Gasteiger partial charge < -0.3 is 14.2 Å². The molecule has 0 aromatic carbocycles. The number of rotatable bonds is 5. The van der Waals surface area contributed by atoms with E-state index in [1.807, 2.05) is 6.20 Å². The van der Waals surface area contributed by atoms with Crippen LogP contribution in [-0.2, 0) is 11.2 Å². The van der Waals surface area contributed by atoms with Crippen molar-refractivity contribution >= 4 is 0 Å². The minimum atomic E-state index is 0.390. The maximum absolute atomic E-state index is 5.63. The van der Waals surface area contributed by atoms with Crippen molar-refractivity contribution in [2.45, 2.75) is 45.3 Å². The fourth-order valence-corrected chi connectivity index (χ4v) is 3.79. The minimum Gasteiger partial charge on any atom is -0.376 e. The van der Waals surface area contributed by atoms with E-state index < -0.39 is 0 Å². The van der Waals surface area contributed by atoms with Crippen molar-refractivity contribution in [2.75, 3.05) is 45.9 Å². The number of hydrogen-bond donors (Lipinski definition) is 0. The highest BCUT2D eigenvalue weighted by molar-refractivity contribution is 4.96. The SMILES string of the molecule is CCc1nccn1[C@@H]1CCCN(CCN2CCO[C@H](C)C2)C1.